The third-order valence-corrected chi connectivity index (χ3v) is 7.90. The van der Waals surface area contributed by atoms with Crippen molar-refractivity contribution in [1.29, 1.82) is 0 Å². The van der Waals surface area contributed by atoms with E-state index in [-0.39, 0.29) is 11.6 Å². The molecule has 1 saturated heterocycles. The van der Waals surface area contributed by atoms with Gasteiger partial charge in [-0.1, -0.05) is 42.5 Å². The molecule has 39 heavy (non-hydrogen) atoms. The maximum atomic E-state index is 13.9. The fourth-order valence-electron chi connectivity index (χ4n) is 4.45. The van der Waals surface area contributed by atoms with Gasteiger partial charge in [0.25, 0.3) is 0 Å². The zero-order valence-corrected chi connectivity index (χ0v) is 22.3. The molecule has 0 saturated carbocycles. The second-order valence-corrected chi connectivity index (χ2v) is 12.8. The molecule has 3 aromatic rings. The lowest BCUT2D eigenvalue weighted by atomic mass is 10.1. The highest BCUT2D eigenvalue weighted by Crippen LogP contribution is 2.40. The molecule has 2 aromatic carbocycles. The standard InChI is InChI=1S/C26H30F3N6O3P/c1-39(2,38)20-13-7-6-12-19(20)31-23-18(26(27,28)29)16-30-24(34-23)33-22(17-10-4-3-5-11-17)32-21-14-8-9-15-35(21)25(36)37/h3-7,10-13,16,21-22,32H,8-9,14-15H2,1-2H3,(H,36,37)(H2,30,31,33,34). The lowest BCUT2D eigenvalue weighted by molar-refractivity contribution is -0.137. The summed E-state index contributed by atoms with van der Waals surface area (Å²) in [5.41, 5.74) is -0.119. The monoisotopic (exact) mass is 562 g/mol. The van der Waals surface area contributed by atoms with Crippen LogP contribution in [0.1, 0.15) is 36.6 Å². The van der Waals surface area contributed by atoms with E-state index in [0.29, 0.717) is 24.5 Å². The van der Waals surface area contributed by atoms with Crippen LogP contribution in [0.2, 0.25) is 0 Å². The maximum absolute atomic E-state index is 13.9. The van der Waals surface area contributed by atoms with Gasteiger partial charge in [-0.25, -0.2) is 9.78 Å². The molecule has 2 unspecified atom stereocenters. The fraction of sp³-hybridized carbons (Fsp3) is 0.346. The van der Waals surface area contributed by atoms with Gasteiger partial charge in [0.2, 0.25) is 5.95 Å². The van der Waals surface area contributed by atoms with Crippen molar-refractivity contribution in [2.75, 3.05) is 30.5 Å². The van der Waals surface area contributed by atoms with E-state index in [1.54, 1.807) is 48.5 Å². The van der Waals surface area contributed by atoms with Crippen molar-refractivity contribution < 1.29 is 27.6 Å². The predicted octanol–water partition coefficient (Wildman–Crippen LogP) is 5.68. The summed E-state index contributed by atoms with van der Waals surface area (Å²) in [6.07, 6.45) is -4.21. The van der Waals surface area contributed by atoms with E-state index in [9.17, 15) is 27.6 Å². The van der Waals surface area contributed by atoms with Gasteiger partial charge in [0.15, 0.2) is 0 Å². The summed E-state index contributed by atoms with van der Waals surface area (Å²) in [6.45, 7) is 3.44. The number of aromatic nitrogens is 2. The minimum absolute atomic E-state index is 0.113. The Morgan fingerprint density at radius 1 is 1.10 bits per heavy atom. The van der Waals surface area contributed by atoms with E-state index in [1.807, 2.05) is 6.07 Å². The molecule has 208 valence electrons. The number of carbonyl (C=O) groups is 1. The summed E-state index contributed by atoms with van der Waals surface area (Å²) in [5, 5.41) is 19.1. The van der Waals surface area contributed by atoms with Gasteiger partial charge in [-0.2, -0.15) is 18.2 Å². The molecule has 4 N–H and O–H groups in total. The molecule has 2 heterocycles. The van der Waals surface area contributed by atoms with Gasteiger partial charge in [-0.15, -0.1) is 0 Å². The maximum Gasteiger partial charge on any atom is 0.421 e. The smallest absolute Gasteiger partial charge is 0.421 e. The Balaban J connectivity index is 1.70. The first-order valence-electron chi connectivity index (χ1n) is 12.4. The molecule has 0 aliphatic carbocycles. The van der Waals surface area contributed by atoms with E-state index in [0.717, 1.165) is 18.4 Å². The minimum atomic E-state index is -4.75. The van der Waals surface area contributed by atoms with Crippen LogP contribution in [0.15, 0.2) is 60.8 Å². The van der Waals surface area contributed by atoms with Crippen molar-refractivity contribution in [2.45, 2.75) is 37.8 Å². The Morgan fingerprint density at radius 3 is 2.46 bits per heavy atom. The molecular weight excluding hydrogens is 532 g/mol. The van der Waals surface area contributed by atoms with Crippen LogP contribution in [0.25, 0.3) is 0 Å². The van der Waals surface area contributed by atoms with Gasteiger partial charge < -0.3 is 20.3 Å². The lowest BCUT2D eigenvalue weighted by Gasteiger charge is -2.37. The lowest BCUT2D eigenvalue weighted by Crippen LogP contribution is -2.53. The summed E-state index contributed by atoms with van der Waals surface area (Å²) < 4.78 is 54.5. The normalized spacial score (nSPS) is 16.9. The Hall–Kier alpha value is -3.63. The van der Waals surface area contributed by atoms with Crippen LogP contribution in [0, 0.1) is 0 Å². The van der Waals surface area contributed by atoms with Crippen molar-refractivity contribution >= 4 is 36.0 Å². The first-order chi connectivity index (χ1) is 18.4. The van der Waals surface area contributed by atoms with Crippen molar-refractivity contribution in [2.24, 2.45) is 0 Å². The third kappa shape index (κ3) is 7.07. The van der Waals surface area contributed by atoms with Crippen LogP contribution >= 0.6 is 7.14 Å². The zero-order chi connectivity index (χ0) is 28.2. The van der Waals surface area contributed by atoms with Crippen LogP contribution < -0.4 is 21.3 Å². The highest BCUT2D eigenvalue weighted by atomic mass is 31.2. The van der Waals surface area contributed by atoms with Crippen molar-refractivity contribution in [1.82, 2.24) is 20.2 Å². The summed E-state index contributed by atoms with van der Waals surface area (Å²) in [7, 11) is -2.82. The van der Waals surface area contributed by atoms with E-state index in [2.05, 4.69) is 25.9 Å². The van der Waals surface area contributed by atoms with Gasteiger partial charge in [0.05, 0.1) is 11.9 Å². The highest BCUT2D eigenvalue weighted by molar-refractivity contribution is 7.70. The molecule has 0 radical (unpaired) electrons. The van der Waals surface area contributed by atoms with Gasteiger partial charge in [-0.05, 0) is 50.3 Å². The Morgan fingerprint density at radius 2 is 1.79 bits per heavy atom. The second kappa shape index (κ2) is 11.6. The molecule has 2 atom stereocenters. The number of anilines is 3. The van der Waals surface area contributed by atoms with E-state index in [1.165, 1.54) is 18.2 Å². The molecule has 9 nitrogen and oxygen atoms in total. The first-order valence-corrected chi connectivity index (χ1v) is 15.0. The fourth-order valence-corrected chi connectivity index (χ4v) is 5.61. The van der Waals surface area contributed by atoms with E-state index < -0.39 is 43.1 Å². The van der Waals surface area contributed by atoms with Crippen molar-refractivity contribution in [3.8, 4) is 0 Å². The SMILES string of the molecule is CP(C)(=O)c1ccccc1Nc1nc(NC(NC2CCCCN2C(=O)O)c2ccccc2)ncc1C(F)(F)F. The van der Waals surface area contributed by atoms with E-state index >= 15 is 0 Å². The highest BCUT2D eigenvalue weighted by Gasteiger charge is 2.36. The number of hydrogen-bond acceptors (Lipinski definition) is 7. The summed E-state index contributed by atoms with van der Waals surface area (Å²) in [5.74, 6) is -0.615. The number of halogens is 3. The molecule has 1 aromatic heterocycles. The second-order valence-electron chi connectivity index (χ2n) is 9.59. The molecule has 0 spiro atoms. The Labute approximate surface area is 224 Å². The van der Waals surface area contributed by atoms with Gasteiger partial charge in [0.1, 0.15) is 24.7 Å². The van der Waals surface area contributed by atoms with Crippen LogP contribution in [-0.2, 0) is 10.7 Å². The van der Waals surface area contributed by atoms with Gasteiger partial charge in [-0.3, -0.25) is 10.2 Å². The number of benzene rings is 2. The zero-order valence-electron chi connectivity index (χ0n) is 21.4. The first kappa shape index (κ1) is 28.4. The molecule has 1 aliphatic heterocycles. The number of carboxylic acid groups (broad SMARTS) is 1. The largest absolute Gasteiger partial charge is 0.465 e. The number of rotatable bonds is 8. The van der Waals surface area contributed by atoms with Gasteiger partial charge >= 0.3 is 12.3 Å². The number of nitrogens with zero attached hydrogens (tertiary/aromatic N) is 3. The topological polar surface area (TPSA) is 119 Å². The quantitative estimate of drug-likeness (QED) is 0.205. The number of piperidine rings is 1. The molecule has 4 rings (SSSR count). The molecular formula is C26H30F3N6O3P. The van der Waals surface area contributed by atoms with E-state index in [4.69, 9.17) is 0 Å². The Kier molecular flexibility index (Phi) is 8.46. The molecule has 13 heteroatoms. The third-order valence-electron chi connectivity index (χ3n) is 6.35. The summed E-state index contributed by atoms with van der Waals surface area (Å²) in [6, 6.07) is 15.5. The molecule has 1 amide bonds. The Bertz CT molecular complexity index is 1350. The predicted molar refractivity (Wildman–Crippen MR) is 144 cm³/mol. The summed E-state index contributed by atoms with van der Waals surface area (Å²) in [4.78, 5) is 21.2. The van der Waals surface area contributed by atoms with Crippen molar-refractivity contribution in [3.05, 3.63) is 71.9 Å². The van der Waals surface area contributed by atoms with Crippen molar-refractivity contribution in [3.63, 3.8) is 0 Å². The van der Waals surface area contributed by atoms with Crippen LogP contribution in [0.4, 0.5) is 35.4 Å². The number of hydrogen-bond donors (Lipinski definition) is 4. The molecule has 1 fully saturated rings. The average molecular weight is 563 g/mol. The minimum Gasteiger partial charge on any atom is -0.465 e. The summed E-state index contributed by atoms with van der Waals surface area (Å²) >= 11 is 0. The van der Waals surface area contributed by atoms with Crippen LogP contribution in [0.3, 0.4) is 0 Å². The van der Waals surface area contributed by atoms with Crippen LogP contribution in [0.5, 0.6) is 0 Å². The number of alkyl halides is 3. The number of nitrogens with one attached hydrogen (secondary N) is 3. The molecule has 1 aliphatic rings. The van der Waals surface area contributed by atoms with Gasteiger partial charge in [0, 0.05) is 18.0 Å². The molecule has 0 bridgehead atoms. The van der Waals surface area contributed by atoms with Crippen LogP contribution in [-0.4, -0.2) is 52.1 Å². The number of likely N-dealkylation sites (tertiary alicyclic amines) is 1. The number of para-hydroxylation sites is 1. The number of amides is 1. The average Bonchev–Trinajstić information content (AvgIpc) is 2.88.